The average Bonchev–Trinajstić information content (AvgIpc) is 2.45. The topological polar surface area (TPSA) is 26.3 Å². The number of carbonyl (C=O) groups excluding carboxylic acids is 1. The first kappa shape index (κ1) is 15.6. The van der Waals surface area contributed by atoms with Gasteiger partial charge in [0.25, 0.3) is 0 Å². The van der Waals surface area contributed by atoms with Crippen molar-refractivity contribution < 1.29 is 13.9 Å². The lowest BCUT2D eigenvalue weighted by molar-refractivity contribution is -0.116. The van der Waals surface area contributed by atoms with E-state index in [1.807, 2.05) is 31.2 Å². The number of ketones is 1. The number of ether oxygens (including phenoxy) is 1. The summed E-state index contributed by atoms with van der Waals surface area (Å²) in [6.45, 7) is 2.02. The van der Waals surface area contributed by atoms with Gasteiger partial charge in [-0.3, -0.25) is 4.79 Å². The Morgan fingerprint density at radius 2 is 2.05 bits per heavy atom. The molecule has 0 fully saturated rings. The molecule has 2 rings (SSSR count). The maximum Gasteiger partial charge on any atom is 0.165 e. The van der Waals surface area contributed by atoms with Crippen LogP contribution in [0, 0.1) is 12.7 Å². The Kier molecular flexibility index (Phi) is 5.39. The first-order valence-corrected chi connectivity index (χ1v) is 7.60. The molecule has 0 saturated heterocycles. The maximum absolute atomic E-state index is 13.6. The molecule has 0 aliphatic heterocycles. The molecule has 0 atom stereocenters. The maximum atomic E-state index is 13.6. The Bertz CT molecular complexity index is 640. The molecule has 0 aliphatic rings. The summed E-state index contributed by atoms with van der Waals surface area (Å²) in [5.74, 6) is 0.220. The quantitative estimate of drug-likeness (QED) is 0.753. The molecule has 21 heavy (non-hydrogen) atoms. The number of rotatable bonds is 6. The molecule has 2 aromatic carbocycles. The molecular weight excluding hydrogens is 287 g/mol. The summed E-state index contributed by atoms with van der Waals surface area (Å²) in [6.07, 6.45) is 0.236. The van der Waals surface area contributed by atoms with Gasteiger partial charge in [0, 0.05) is 11.3 Å². The van der Waals surface area contributed by atoms with Crippen LogP contribution in [0.15, 0.2) is 47.4 Å². The second kappa shape index (κ2) is 7.27. The van der Waals surface area contributed by atoms with E-state index in [9.17, 15) is 9.18 Å². The van der Waals surface area contributed by atoms with Crippen molar-refractivity contribution in [1.82, 2.24) is 0 Å². The fraction of sp³-hybridized carbons (Fsp3) is 0.235. The summed E-state index contributed by atoms with van der Waals surface area (Å²) >= 11 is 1.51. The summed E-state index contributed by atoms with van der Waals surface area (Å²) in [5, 5.41) is 0. The molecular formula is C17H17FO2S. The number of benzene rings is 2. The number of thioether (sulfide) groups is 1. The van der Waals surface area contributed by atoms with Crippen molar-refractivity contribution in [2.24, 2.45) is 0 Å². The van der Waals surface area contributed by atoms with Crippen molar-refractivity contribution in [3.63, 3.8) is 0 Å². The molecule has 4 heteroatoms. The van der Waals surface area contributed by atoms with Crippen molar-refractivity contribution in [1.29, 1.82) is 0 Å². The fourth-order valence-electron chi connectivity index (χ4n) is 1.97. The summed E-state index contributed by atoms with van der Waals surface area (Å²) in [5.41, 5.74) is 1.84. The molecule has 0 amide bonds. The molecule has 0 N–H and O–H groups in total. The smallest absolute Gasteiger partial charge is 0.165 e. The van der Waals surface area contributed by atoms with Crippen LogP contribution in [0.2, 0.25) is 0 Å². The van der Waals surface area contributed by atoms with Crippen molar-refractivity contribution >= 4 is 17.5 Å². The van der Waals surface area contributed by atoms with Gasteiger partial charge in [-0.25, -0.2) is 4.39 Å². The van der Waals surface area contributed by atoms with E-state index in [4.69, 9.17) is 4.74 Å². The van der Waals surface area contributed by atoms with Gasteiger partial charge in [0.1, 0.15) is 5.78 Å². The number of hydrogen-bond donors (Lipinski definition) is 0. The Morgan fingerprint density at radius 1 is 1.24 bits per heavy atom. The molecule has 0 saturated carbocycles. The van der Waals surface area contributed by atoms with Crippen LogP contribution in [0.4, 0.5) is 4.39 Å². The number of aryl methyl sites for hydroxylation is 1. The molecule has 0 aliphatic carbocycles. The minimum absolute atomic E-state index is 0.0751. The molecule has 0 spiro atoms. The van der Waals surface area contributed by atoms with Gasteiger partial charge in [0.15, 0.2) is 11.6 Å². The Morgan fingerprint density at radius 3 is 2.71 bits per heavy atom. The van der Waals surface area contributed by atoms with Crippen LogP contribution in [0.25, 0.3) is 0 Å². The molecule has 0 bridgehead atoms. The molecule has 0 heterocycles. The number of Topliss-reactive ketones (excluding diaryl/α,β-unsaturated/α-hetero) is 1. The van der Waals surface area contributed by atoms with Crippen LogP contribution in [0.1, 0.15) is 11.1 Å². The minimum Gasteiger partial charge on any atom is -0.494 e. The van der Waals surface area contributed by atoms with Gasteiger partial charge in [-0.1, -0.05) is 23.8 Å². The summed E-state index contributed by atoms with van der Waals surface area (Å²) in [7, 11) is 1.42. The van der Waals surface area contributed by atoms with E-state index >= 15 is 0 Å². The predicted molar refractivity (Wildman–Crippen MR) is 83.6 cm³/mol. The monoisotopic (exact) mass is 304 g/mol. The zero-order valence-electron chi connectivity index (χ0n) is 12.1. The van der Waals surface area contributed by atoms with Crippen LogP contribution >= 0.6 is 11.8 Å². The fourth-order valence-corrected chi connectivity index (χ4v) is 2.84. The van der Waals surface area contributed by atoms with Crippen LogP contribution in [-0.4, -0.2) is 18.6 Å². The summed E-state index contributed by atoms with van der Waals surface area (Å²) in [6, 6.07) is 12.6. The average molecular weight is 304 g/mol. The summed E-state index contributed by atoms with van der Waals surface area (Å²) < 4.78 is 18.4. The van der Waals surface area contributed by atoms with Gasteiger partial charge in [0.2, 0.25) is 0 Å². The van der Waals surface area contributed by atoms with E-state index in [1.54, 1.807) is 12.1 Å². The van der Waals surface area contributed by atoms with Crippen molar-refractivity contribution in [2.45, 2.75) is 18.2 Å². The molecule has 0 unspecified atom stereocenters. The van der Waals surface area contributed by atoms with Gasteiger partial charge >= 0.3 is 0 Å². The third-order valence-electron chi connectivity index (χ3n) is 3.01. The minimum atomic E-state index is -0.436. The number of carbonyl (C=O) groups is 1. The van der Waals surface area contributed by atoms with E-state index in [1.165, 1.54) is 30.5 Å². The van der Waals surface area contributed by atoms with Crippen molar-refractivity contribution in [3.05, 3.63) is 59.4 Å². The molecule has 0 radical (unpaired) electrons. The lowest BCUT2D eigenvalue weighted by Gasteiger charge is -2.05. The van der Waals surface area contributed by atoms with Gasteiger partial charge in [0.05, 0.1) is 12.9 Å². The van der Waals surface area contributed by atoms with E-state index in [2.05, 4.69) is 0 Å². The third kappa shape index (κ3) is 4.60. The van der Waals surface area contributed by atoms with Crippen LogP contribution in [0.5, 0.6) is 5.75 Å². The van der Waals surface area contributed by atoms with Gasteiger partial charge in [-0.2, -0.15) is 0 Å². The van der Waals surface area contributed by atoms with E-state index < -0.39 is 5.82 Å². The van der Waals surface area contributed by atoms with E-state index in [-0.39, 0.29) is 18.0 Å². The Balaban J connectivity index is 1.91. The first-order valence-electron chi connectivity index (χ1n) is 6.62. The highest BCUT2D eigenvalue weighted by molar-refractivity contribution is 8.00. The number of hydrogen-bond acceptors (Lipinski definition) is 3. The van der Waals surface area contributed by atoms with E-state index in [0.717, 1.165) is 4.90 Å². The SMILES string of the molecule is COc1ccc(CC(=O)CSc2cccc(C)c2)cc1F. The standard InChI is InChI=1S/C17H17FO2S/c1-12-4-3-5-15(8-12)21-11-14(19)9-13-6-7-17(20-2)16(18)10-13/h3-8,10H,9,11H2,1-2H3. The van der Waals surface area contributed by atoms with Crippen LogP contribution < -0.4 is 4.74 Å². The third-order valence-corrected chi connectivity index (χ3v) is 4.06. The first-order chi connectivity index (χ1) is 10.1. The zero-order valence-corrected chi connectivity index (χ0v) is 12.9. The molecule has 2 nitrogen and oxygen atoms in total. The van der Waals surface area contributed by atoms with Gasteiger partial charge in [-0.05, 0) is 36.8 Å². The highest BCUT2D eigenvalue weighted by Crippen LogP contribution is 2.21. The lowest BCUT2D eigenvalue weighted by atomic mass is 10.1. The van der Waals surface area contributed by atoms with E-state index in [0.29, 0.717) is 11.3 Å². The molecule has 0 aromatic heterocycles. The second-order valence-electron chi connectivity index (χ2n) is 4.79. The van der Waals surface area contributed by atoms with Crippen molar-refractivity contribution in [2.75, 3.05) is 12.9 Å². The molecule has 110 valence electrons. The summed E-state index contributed by atoms with van der Waals surface area (Å²) in [4.78, 5) is 13.0. The normalized spacial score (nSPS) is 10.4. The predicted octanol–water partition coefficient (Wildman–Crippen LogP) is 4.05. The van der Waals surface area contributed by atoms with Crippen molar-refractivity contribution in [3.8, 4) is 5.75 Å². The van der Waals surface area contributed by atoms with Crippen LogP contribution in [0.3, 0.4) is 0 Å². The largest absolute Gasteiger partial charge is 0.494 e. The Hall–Kier alpha value is -1.81. The highest BCUT2D eigenvalue weighted by atomic mass is 32.2. The Labute approximate surface area is 128 Å². The number of methoxy groups -OCH3 is 1. The van der Waals surface area contributed by atoms with Crippen LogP contribution in [-0.2, 0) is 11.2 Å². The lowest BCUT2D eigenvalue weighted by Crippen LogP contribution is -2.06. The highest BCUT2D eigenvalue weighted by Gasteiger charge is 2.08. The number of halogens is 1. The second-order valence-corrected chi connectivity index (χ2v) is 5.84. The molecule has 2 aromatic rings. The van der Waals surface area contributed by atoms with Gasteiger partial charge in [-0.15, -0.1) is 11.8 Å². The van der Waals surface area contributed by atoms with Gasteiger partial charge < -0.3 is 4.74 Å². The zero-order chi connectivity index (χ0) is 15.2.